The van der Waals surface area contributed by atoms with Crippen LogP contribution in [0.4, 0.5) is 5.69 Å². The Morgan fingerprint density at radius 3 is 2.70 bits per heavy atom. The highest BCUT2D eigenvalue weighted by molar-refractivity contribution is 7.10. The lowest BCUT2D eigenvalue weighted by Crippen LogP contribution is -1.95. The summed E-state index contributed by atoms with van der Waals surface area (Å²) in [5.74, 6) is 1.59. The summed E-state index contributed by atoms with van der Waals surface area (Å²) >= 11 is 1.64. The normalized spacial score (nSPS) is 10.5. The molecule has 2 aromatic carbocycles. The van der Waals surface area contributed by atoms with Crippen molar-refractivity contribution in [3.8, 4) is 22.8 Å². The molecule has 1 aromatic heterocycles. The van der Waals surface area contributed by atoms with Crippen LogP contribution in [0.3, 0.4) is 0 Å². The van der Waals surface area contributed by atoms with E-state index in [2.05, 4.69) is 5.38 Å². The zero-order valence-corrected chi connectivity index (χ0v) is 13.9. The molecule has 0 radical (unpaired) electrons. The van der Waals surface area contributed by atoms with Gasteiger partial charge >= 0.3 is 0 Å². The average Bonchev–Trinajstić information content (AvgIpc) is 3.04. The summed E-state index contributed by atoms with van der Waals surface area (Å²) in [4.78, 5) is 4.71. The fourth-order valence-electron chi connectivity index (χ4n) is 2.38. The molecule has 0 aliphatic rings. The van der Waals surface area contributed by atoms with E-state index in [0.717, 1.165) is 45.4 Å². The number of nitrogens with two attached hydrogens (primary N) is 1. The molecule has 0 amide bonds. The fraction of sp³-hybridized carbons (Fsp3) is 0.167. The first-order valence-corrected chi connectivity index (χ1v) is 8.09. The van der Waals surface area contributed by atoms with Crippen molar-refractivity contribution in [1.29, 1.82) is 0 Å². The zero-order chi connectivity index (χ0) is 16.2. The largest absolute Gasteiger partial charge is 0.497 e. The van der Waals surface area contributed by atoms with Crippen molar-refractivity contribution in [1.82, 2.24) is 4.98 Å². The summed E-state index contributed by atoms with van der Waals surface area (Å²) in [5, 5.41) is 3.09. The molecule has 4 nitrogen and oxygen atoms in total. The van der Waals surface area contributed by atoms with Crippen molar-refractivity contribution in [2.75, 3.05) is 20.0 Å². The standard InChI is InChI=1S/C18H18N2O2S/c1-21-15-7-6-13(17(10-15)22-2)9-18-20-16(11-23-18)12-4-3-5-14(19)8-12/h3-8,10-11H,9,19H2,1-2H3. The minimum atomic E-state index is 0.722. The van der Waals surface area contributed by atoms with Crippen LogP contribution in [0.2, 0.25) is 0 Å². The monoisotopic (exact) mass is 326 g/mol. The predicted molar refractivity (Wildman–Crippen MR) is 94.3 cm³/mol. The SMILES string of the molecule is COc1ccc(Cc2nc(-c3cccc(N)c3)cs2)c(OC)c1. The first-order chi connectivity index (χ1) is 11.2. The number of anilines is 1. The molecule has 0 fully saturated rings. The second-order valence-electron chi connectivity index (χ2n) is 5.11. The van der Waals surface area contributed by atoms with E-state index in [9.17, 15) is 0 Å². The number of thiazole rings is 1. The van der Waals surface area contributed by atoms with Crippen LogP contribution >= 0.6 is 11.3 Å². The third-order valence-electron chi connectivity index (χ3n) is 3.57. The Bertz CT molecular complexity index is 814. The highest BCUT2D eigenvalue weighted by Gasteiger charge is 2.10. The van der Waals surface area contributed by atoms with Gasteiger partial charge in [0, 0.05) is 34.7 Å². The van der Waals surface area contributed by atoms with Gasteiger partial charge in [0.05, 0.1) is 24.9 Å². The van der Waals surface area contributed by atoms with Crippen molar-refractivity contribution < 1.29 is 9.47 Å². The first-order valence-electron chi connectivity index (χ1n) is 7.21. The van der Waals surface area contributed by atoms with Gasteiger partial charge in [-0.1, -0.05) is 18.2 Å². The van der Waals surface area contributed by atoms with Crippen molar-refractivity contribution in [3.05, 3.63) is 58.4 Å². The van der Waals surface area contributed by atoms with Gasteiger partial charge in [0.15, 0.2) is 0 Å². The van der Waals surface area contributed by atoms with E-state index >= 15 is 0 Å². The first kappa shape index (κ1) is 15.4. The van der Waals surface area contributed by atoms with Crippen LogP contribution < -0.4 is 15.2 Å². The lowest BCUT2D eigenvalue weighted by Gasteiger charge is -2.09. The quantitative estimate of drug-likeness (QED) is 0.720. The lowest BCUT2D eigenvalue weighted by molar-refractivity contribution is 0.391. The summed E-state index contributed by atoms with van der Waals surface area (Å²) in [6.45, 7) is 0. The third kappa shape index (κ3) is 3.46. The predicted octanol–water partition coefficient (Wildman–Crippen LogP) is 4.00. The zero-order valence-electron chi connectivity index (χ0n) is 13.1. The van der Waals surface area contributed by atoms with Crippen LogP contribution in [0.1, 0.15) is 10.6 Å². The Kier molecular flexibility index (Phi) is 4.48. The minimum absolute atomic E-state index is 0.722. The molecule has 0 atom stereocenters. The van der Waals surface area contributed by atoms with Gasteiger partial charge in [0.25, 0.3) is 0 Å². The van der Waals surface area contributed by atoms with Gasteiger partial charge in [0.1, 0.15) is 11.5 Å². The van der Waals surface area contributed by atoms with Crippen LogP contribution in [0.15, 0.2) is 47.8 Å². The highest BCUT2D eigenvalue weighted by atomic mass is 32.1. The van der Waals surface area contributed by atoms with Crippen LogP contribution in [-0.4, -0.2) is 19.2 Å². The Balaban J connectivity index is 1.84. The summed E-state index contributed by atoms with van der Waals surface area (Å²) < 4.78 is 10.7. The van der Waals surface area contributed by atoms with Crippen molar-refractivity contribution >= 4 is 17.0 Å². The van der Waals surface area contributed by atoms with Crippen molar-refractivity contribution in [2.24, 2.45) is 0 Å². The Labute approximate surface area is 139 Å². The van der Waals surface area contributed by atoms with E-state index in [-0.39, 0.29) is 0 Å². The van der Waals surface area contributed by atoms with E-state index < -0.39 is 0 Å². The second kappa shape index (κ2) is 6.71. The van der Waals surface area contributed by atoms with E-state index in [4.69, 9.17) is 20.2 Å². The van der Waals surface area contributed by atoms with Crippen LogP contribution in [0, 0.1) is 0 Å². The summed E-state index contributed by atoms with van der Waals surface area (Å²) in [7, 11) is 3.31. The molecule has 3 aromatic rings. The maximum atomic E-state index is 5.84. The van der Waals surface area contributed by atoms with Gasteiger partial charge in [-0.05, 0) is 18.2 Å². The second-order valence-corrected chi connectivity index (χ2v) is 6.05. The van der Waals surface area contributed by atoms with Crippen LogP contribution in [-0.2, 0) is 6.42 Å². The molecule has 5 heteroatoms. The van der Waals surface area contributed by atoms with Crippen molar-refractivity contribution in [2.45, 2.75) is 6.42 Å². The van der Waals surface area contributed by atoms with Gasteiger partial charge < -0.3 is 15.2 Å². The number of nitrogens with zero attached hydrogens (tertiary/aromatic N) is 1. The number of hydrogen-bond donors (Lipinski definition) is 1. The number of aromatic nitrogens is 1. The minimum Gasteiger partial charge on any atom is -0.497 e. The van der Waals surface area contributed by atoms with E-state index in [0.29, 0.717) is 0 Å². The Hall–Kier alpha value is -2.53. The van der Waals surface area contributed by atoms with Gasteiger partial charge in [-0.25, -0.2) is 4.98 Å². The summed E-state index contributed by atoms with van der Waals surface area (Å²) in [5.41, 5.74) is 9.65. The number of rotatable bonds is 5. The third-order valence-corrected chi connectivity index (χ3v) is 4.42. The lowest BCUT2D eigenvalue weighted by atomic mass is 10.1. The fourth-order valence-corrected chi connectivity index (χ4v) is 3.21. The molecule has 2 N–H and O–H groups in total. The maximum Gasteiger partial charge on any atom is 0.126 e. The molecule has 23 heavy (non-hydrogen) atoms. The molecule has 0 aliphatic heterocycles. The van der Waals surface area contributed by atoms with Crippen LogP contribution in [0.5, 0.6) is 11.5 Å². The van der Waals surface area contributed by atoms with E-state index in [1.54, 1.807) is 25.6 Å². The number of ether oxygens (including phenoxy) is 2. The van der Waals surface area contributed by atoms with Gasteiger partial charge in [-0.15, -0.1) is 11.3 Å². The average molecular weight is 326 g/mol. The molecule has 0 saturated heterocycles. The Morgan fingerprint density at radius 2 is 1.96 bits per heavy atom. The highest BCUT2D eigenvalue weighted by Crippen LogP contribution is 2.29. The molecule has 0 unspecified atom stereocenters. The van der Waals surface area contributed by atoms with Gasteiger partial charge in [-0.3, -0.25) is 0 Å². The van der Waals surface area contributed by atoms with Gasteiger partial charge in [0.2, 0.25) is 0 Å². The molecule has 0 aliphatic carbocycles. The number of hydrogen-bond acceptors (Lipinski definition) is 5. The number of benzene rings is 2. The molecular weight excluding hydrogens is 308 g/mol. The molecule has 0 bridgehead atoms. The molecule has 0 spiro atoms. The van der Waals surface area contributed by atoms with Gasteiger partial charge in [-0.2, -0.15) is 0 Å². The van der Waals surface area contributed by atoms with E-state index in [1.807, 2.05) is 42.5 Å². The molecule has 118 valence electrons. The number of nitrogen functional groups attached to an aromatic ring is 1. The van der Waals surface area contributed by atoms with Crippen LogP contribution in [0.25, 0.3) is 11.3 Å². The molecule has 0 saturated carbocycles. The molecule has 3 rings (SSSR count). The number of methoxy groups -OCH3 is 2. The van der Waals surface area contributed by atoms with Crippen molar-refractivity contribution in [3.63, 3.8) is 0 Å². The molecular formula is C18H18N2O2S. The topological polar surface area (TPSA) is 57.4 Å². The summed E-state index contributed by atoms with van der Waals surface area (Å²) in [6, 6.07) is 13.6. The molecule has 1 heterocycles. The smallest absolute Gasteiger partial charge is 0.126 e. The van der Waals surface area contributed by atoms with E-state index in [1.165, 1.54) is 0 Å². The maximum absolute atomic E-state index is 5.84. The Morgan fingerprint density at radius 1 is 1.09 bits per heavy atom. The summed E-state index contributed by atoms with van der Waals surface area (Å²) in [6.07, 6.45) is 0.722.